The second kappa shape index (κ2) is 8.72. The topological polar surface area (TPSA) is 80.8 Å². The minimum atomic E-state index is -0.0967. The van der Waals surface area contributed by atoms with Crippen molar-refractivity contribution in [1.82, 2.24) is 19.8 Å². The number of para-hydroxylation sites is 1. The Balaban J connectivity index is 1.24. The summed E-state index contributed by atoms with van der Waals surface area (Å²) in [6, 6.07) is 16.3. The summed E-state index contributed by atoms with van der Waals surface area (Å²) >= 11 is 0. The number of carbonyl (C=O) groups is 1. The first-order valence-electron chi connectivity index (χ1n) is 12.5. The minimum Gasteiger partial charge on any atom is -0.454 e. The lowest BCUT2D eigenvalue weighted by molar-refractivity contribution is 0.0383. The molecular formula is C28H28N4O4. The fourth-order valence-electron chi connectivity index (χ4n) is 5.72. The van der Waals surface area contributed by atoms with Gasteiger partial charge in [0.1, 0.15) is 0 Å². The molecule has 3 aliphatic rings. The molecule has 1 amide bonds. The van der Waals surface area contributed by atoms with Crippen LogP contribution in [-0.2, 0) is 11.2 Å². The Morgan fingerprint density at radius 1 is 1.06 bits per heavy atom. The molecule has 8 nitrogen and oxygen atoms in total. The van der Waals surface area contributed by atoms with Crippen molar-refractivity contribution in [3.8, 4) is 11.5 Å². The molecule has 0 aliphatic carbocycles. The van der Waals surface area contributed by atoms with Gasteiger partial charge < -0.3 is 29.1 Å². The molecule has 2 aromatic carbocycles. The van der Waals surface area contributed by atoms with E-state index in [1.807, 2.05) is 24.4 Å². The van der Waals surface area contributed by atoms with Crippen LogP contribution in [0.1, 0.15) is 38.9 Å². The average molecular weight is 485 g/mol. The molecule has 0 spiro atoms. The van der Waals surface area contributed by atoms with Gasteiger partial charge in [0.15, 0.2) is 11.5 Å². The van der Waals surface area contributed by atoms with Crippen LogP contribution >= 0.6 is 0 Å². The van der Waals surface area contributed by atoms with Crippen LogP contribution in [0.4, 0.5) is 0 Å². The number of carbonyl (C=O) groups excluding carboxylic acids is 1. The summed E-state index contributed by atoms with van der Waals surface area (Å²) in [5.41, 5.74) is 6.34. The monoisotopic (exact) mass is 484 g/mol. The van der Waals surface area contributed by atoms with Crippen molar-refractivity contribution in [3.05, 3.63) is 82.8 Å². The Labute approximate surface area is 208 Å². The Hall–Kier alpha value is -3.75. The quantitative estimate of drug-likeness (QED) is 0.400. The summed E-state index contributed by atoms with van der Waals surface area (Å²) < 4.78 is 18.9. The van der Waals surface area contributed by atoms with Gasteiger partial charge in [-0.05, 0) is 35.4 Å². The molecule has 0 radical (unpaired) electrons. The van der Waals surface area contributed by atoms with E-state index < -0.39 is 0 Å². The van der Waals surface area contributed by atoms with E-state index in [1.54, 1.807) is 0 Å². The number of H-pyrrole nitrogens is 1. The van der Waals surface area contributed by atoms with Crippen LogP contribution in [0.15, 0.2) is 54.7 Å². The van der Waals surface area contributed by atoms with E-state index in [2.05, 4.69) is 50.1 Å². The molecule has 1 saturated heterocycles. The number of morpholine rings is 1. The molecule has 0 bridgehead atoms. The zero-order valence-corrected chi connectivity index (χ0v) is 20.0. The summed E-state index contributed by atoms with van der Waals surface area (Å²) in [4.78, 5) is 19.3. The number of hydrogen-bond acceptors (Lipinski definition) is 5. The summed E-state index contributed by atoms with van der Waals surface area (Å²) in [6.07, 6.45) is 2.73. The third kappa shape index (κ3) is 3.56. The molecule has 2 aromatic heterocycles. The third-order valence-electron chi connectivity index (χ3n) is 7.54. The predicted molar refractivity (Wildman–Crippen MR) is 135 cm³/mol. The molecule has 5 heterocycles. The van der Waals surface area contributed by atoms with Crippen LogP contribution in [0.3, 0.4) is 0 Å². The summed E-state index contributed by atoms with van der Waals surface area (Å²) in [5.74, 6) is 1.50. The highest BCUT2D eigenvalue weighted by molar-refractivity contribution is 5.96. The fourth-order valence-corrected chi connectivity index (χ4v) is 5.72. The van der Waals surface area contributed by atoms with Crippen LogP contribution in [0.25, 0.3) is 10.9 Å². The highest BCUT2D eigenvalue weighted by Crippen LogP contribution is 2.43. The van der Waals surface area contributed by atoms with Gasteiger partial charge >= 0.3 is 0 Å². The first-order valence-corrected chi connectivity index (χ1v) is 12.5. The van der Waals surface area contributed by atoms with Crippen LogP contribution < -0.4 is 14.8 Å². The van der Waals surface area contributed by atoms with Crippen molar-refractivity contribution in [3.63, 3.8) is 0 Å². The number of fused-ring (bicyclic) bond motifs is 5. The van der Waals surface area contributed by atoms with Gasteiger partial charge in [0.2, 0.25) is 6.79 Å². The van der Waals surface area contributed by atoms with Gasteiger partial charge in [-0.3, -0.25) is 9.69 Å². The zero-order chi connectivity index (χ0) is 24.1. The van der Waals surface area contributed by atoms with Gasteiger partial charge in [-0.15, -0.1) is 0 Å². The molecule has 1 atom stereocenters. The summed E-state index contributed by atoms with van der Waals surface area (Å²) in [6.45, 7) is 5.04. The Morgan fingerprint density at radius 3 is 2.83 bits per heavy atom. The van der Waals surface area contributed by atoms with Gasteiger partial charge in [-0.25, -0.2) is 0 Å². The second-order valence-corrected chi connectivity index (χ2v) is 9.55. The number of aromatic nitrogens is 2. The summed E-state index contributed by atoms with van der Waals surface area (Å²) in [7, 11) is 0. The first kappa shape index (κ1) is 21.5. The number of nitrogens with one attached hydrogen (secondary N) is 2. The first-order chi connectivity index (χ1) is 17.8. The van der Waals surface area contributed by atoms with Gasteiger partial charge in [0.25, 0.3) is 5.91 Å². The van der Waals surface area contributed by atoms with Gasteiger partial charge in [0, 0.05) is 61.1 Å². The highest BCUT2D eigenvalue weighted by atomic mass is 16.7. The number of rotatable bonds is 5. The molecule has 36 heavy (non-hydrogen) atoms. The lowest BCUT2D eigenvalue weighted by Crippen LogP contribution is -2.41. The molecule has 2 N–H and O–H groups in total. The fraction of sp³-hybridized carbons (Fsp3) is 0.321. The van der Waals surface area contributed by atoms with E-state index in [1.165, 1.54) is 10.9 Å². The smallest absolute Gasteiger partial charge is 0.253 e. The van der Waals surface area contributed by atoms with Crippen molar-refractivity contribution in [2.45, 2.75) is 12.5 Å². The van der Waals surface area contributed by atoms with Crippen LogP contribution in [0.5, 0.6) is 11.5 Å². The summed E-state index contributed by atoms with van der Waals surface area (Å²) in [5, 5.41) is 4.35. The van der Waals surface area contributed by atoms with Gasteiger partial charge in [-0.2, -0.15) is 0 Å². The van der Waals surface area contributed by atoms with E-state index in [9.17, 15) is 4.79 Å². The molecule has 1 unspecified atom stereocenters. The molecule has 7 rings (SSSR count). The van der Waals surface area contributed by atoms with E-state index in [-0.39, 0.29) is 18.7 Å². The predicted octanol–water partition coefficient (Wildman–Crippen LogP) is 3.30. The molecule has 184 valence electrons. The van der Waals surface area contributed by atoms with Crippen LogP contribution in [0, 0.1) is 0 Å². The molecule has 3 aliphatic heterocycles. The SMILES string of the molecule is O=C(NCCN1CCOCC1)c1ccn2c1Cc1c([nH]c3ccccc13)C2c1ccc2c(c1)OCO2. The van der Waals surface area contributed by atoms with Gasteiger partial charge in [0.05, 0.1) is 24.8 Å². The third-order valence-corrected chi connectivity index (χ3v) is 7.54. The van der Waals surface area contributed by atoms with Crippen molar-refractivity contribution in [2.75, 3.05) is 46.2 Å². The van der Waals surface area contributed by atoms with Crippen molar-refractivity contribution < 1.29 is 19.0 Å². The number of amides is 1. The number of nitrogens with zero attached hydrogens (tertiary/aromatic N) is 2. The van der Waals surface area contributed by atoms with Crippen molar-refractivity contribution in [2.24, 2.45) is 0 Å². The van der Waals surface area contributed by atoms with E-state index in [0.717, 1.165) is 72.4 Å². The highest BCUT2D eigenvalue weighted by Gasteiger charge is 2.33. The van der Waals surface area contributed by atoms with E-state index in [4.69, 9.17) is 14.2 Å². The number of ether oxygens (including phenoxy) is 3. The largest absolute Gasteiger partial charge is 0.454 e. The van der Waals surface area contributed by atoms with E-state index >= 15 is 0 Å². The second-order valence-electron chi connectivity index (χ2n) is 9.55. The van der Waals surface area contributed by atoms with Gasteiger partial charge in [-0.1, -0.05) is 24.3 Å². The Morgan fingerprint density at radius 2 is 1.92 bits per heavy atom. The van der Waals surface area contributed by atoms with Crippen LogP contribution in [-0.4, -0.2) is 66.5 Å². The van der Waals surface area contributed by atoms with Crippen LogP contribution in [0.2, 0.25) is 0 Å². The van der Waals surface area contributed by atoms with Crippen molar-refractivity contribution in [1.29, 1.82) is 0 Å². The standard InChI is InChI=1S/C28H28N4O4/c33-28(29-8-10-31-11-13-34-14-12-31)20-7-9-32-23(20)16-21-19-3-1-2-4-22(19)30-26(21)27(32)18-5-6-24-25(15-18)36-17-35-24/h1-7,9,15,27,30H,8,10-14,16-17H2,(H,29,33). The lowest BCUT2D eigenvalue weighted by atomic mass is 9.92. The maximum atomic E-state index is 13.3. The molecule has 0 saturated carbocycles. The maximum Gasteiger partial charge on any atom is 0.253 e. The average Bonchev–Trinajstić information content (AvgIpc) is 3.64. The minimum absolute atomic E-state index is 0.0234. The Bertz CT molecular complexity index is 1450. The maximum absolute atomic E-state index is 13.3. The molecular weight excluding hydrogens is 456 g/mol. The number of benzene rings is 2. The zero-order valence-electron chi connectivity index (χ0n) is 20.0. The van der Waals surface area contributed by atoms with E-state index in [0.29, 0.717) is 13.0 Å². The molecule has 1 fully saturated rings. The number of aromatic amines is 1. The molecule has 8 heteroatoms. The number of hydrogen-bond donors (Lipinski definition) is 2. The Kier molecular flexibility index (Phi) is 5.22. The molecule has 4 aromatic rings. The lowest BCUT2D eigenvalue weighted by Gasteiger charge is -2.28. The van der Waals surface area contributed by atoms with Crippen molar-refractivity contribution >= 4 is 16.8 Å². The normalized spacial score (nSPS) is 18.7.